The number of rotatable bonds is 4. The molecule has 0 amide bonds. The molecular weight excluding hydrogens is 432 g/mol. The van der Waals surface area contributed by atoms with Crippen molar-refractivity contribution in [3.63, 3.8) is 0 Å². The largest absolute Gasteiger partial charge is 0.275 e. The van der Waals surface area contributed by atoms with Crippen molar-refractivity contribution in [1.82, 2.24) is 18.7 Å². The molecule has 3 unspecified atom stereocenters. The lowest BCUT2D eigenvalue weighted by Gasteiger charge is -2.22. The van der Waals surface area contributed by atoms with E-state index in [-0.39, 0.29) is 4.90 Å². The Hall–Kier alpha value is -2.93. The zero-order valence-corrected chi connectivity index (χ0v) is 20.0. The van der Waals surface area contributed by atoms with Gasteiger partial charge in [-0.05, 0) is 59.8 Å². The highest BCUT2D eigenvalue weighted by molar-refractivity contribution is 7.90. The molecule has 170 valence electrons. The number of pyridine rings is 1. The summed E-state index contributed by atoms with van der Waals surface area (Å²) in [4.78, 5) is 5.01. The first-order valence-corrected chi connectivity index (χ1v) is 13.0. The van der Waals surface area contributed by atoms with Gasteiger partial charge in [-0.15, -0.1) is 0 Å². The smallest absolute Gasteiger partial charge is 0.269 e. The summed E-state index contributed by atoms with van der Waals surface area (Å²) in [5.74, 6) is 1.95. The van der Waals surface area contributed by atoms with Gasteiger partial charge in [0, 0.05) is 42.2 Å². The van der Waals surface area contributed by atoms with E-state index in [1.807, 2.05) is 25.5 Å². The Kier molecular flexibility index (Phi) is 4.40. The van der Waals surface area contributed by atoms with E-state index < -0.39 is 10.0 Å². The predicted molar refractivity (Wildman–Crippen MR) is 128 cm³/mol. The summed E-state index contributed by atoms with van der Waals surface area (Å²) >= 11 is 0. The summed E-state index contributed by atoms with van der Waals surface area (Å²) in [5.41, 5.74) is 3.79. The van der Waals surface area contributed by atoms with E-state index >= 15 is 0 Å². The van der Waals surface area contributed by atoms with Crippen LogP contribution >= 0.6 is 0 Å². The third-order valence-electron chi connectivity index (χ3n) is 7.98. The minimum Gasteiger partial charge on any atom is -0.275 e. The van der Waals surface area contributed by atoms with E-state index in [0.29, 0.717) is 22.9 Å². The summed E-state index contributed by atoms with van der Waals surface area (Å²) in [6.07, 6.45) is 11.0. The van der Waals surface area contributed by atoms with Crippen molar-refractivity contribution in [3.05, 3.63) is 66.7 Å². The van der Waals surface area contributed by atoms with E-state index in [2.05, 4.69) is 25.0 Å². The molecule has 6 nitrogen and oxygen atoms in total. The average molecular weight is 461 g/mol. The molecule has 0 bridgehead atoms. The number of fused-ring (bicyclic) bond motifs is 2. The first kappa shape index (κ1) is 20.7. The second-order valence-corrected chi connectivity index (χ2v) is 12.0. The monoisotopic (exact) mass is 460 g/mol. The lowest BCUT2D eigenvalue weighted by atomic mass is 9.83. The Morgan fingerprint density at radius 2 is 1.85 bits per heavy atom. The van der Waals surface area contributed by atoms with E-state index in [1.54, 1.807) is 41.3 Å². The molecule has 2 saturated carbocycles. The Balaban J connectivity index is 1.54. The van der Waals surface area contributed by atoms with Crippen molar-refractivity contribution in [2.75, 3.05) is 0 Å². The molecule has 0 radical (unpaired) electrons. The molecule has 3 atom stereocenters. The summed E-state index contributed by atoms with van der Waals surface area (Å²) in [6.45, 7) is 4.77. The van der Waals surface area contributed by atoms with Gasteiger partial charge in [-0.2, -0.15) is 5.10 Å². The van der Waals surface area contributed by atoms with Gasteiger partial charge in [0.15, 0.2) is 5.65 Å². The number of hydrogen-bond donors (Lipinski definition) is 0. The Morgan fingerprint density at radius 1 is 1.06 bits per heavy atom. The third kappa shape index (κ3) is 3.09. The summed E-state index contributed by atoms with van der Waals surface area (Å²) in [7, 11) is -1.91. The topological polar surface area (TPSA) is 69.8 Å². The van der Waals surface area contributed by atoms with Crippen molar-refractivity contribution >= 4 is 21.1 Å². The highest BCUT2D eigenvalue weighted by atomic mass is 32.2. The zero-order valence-electron chi connectivity index (χ0n) is 19.1. The van der Waals surface area contributed by atoms with Gasteiger partial charge in [-0.3, -0.25) is 4.68 Å². The molecule has 0 N–H and O–H groups in total. The lowest BCUT2D eigenvalue weighted by molar-refractivity contribution is 0.416. The molecule has 6 rings (SSSR count). The van der Waals surface area contributed by atoms with Crippen LogP contribution in [-0.4, -0.2) is 27.2 Å². The molecule has 0 spiro atoms. The predicted octanol–water partition coefficient (Wildman–Crippen LogP) is 5.21. The van der Waals surface area contributed by atoms with Crippen LogP contribution < -0.4 is 0 Å². The van der Waals surface area contributed by atoms with Crippen LogP contribution in [0.25, 0.3) is 22.2 Å². The third-order valence-corrected chi connectivity index (χ3v) is 9.64. The summed E-state index contributed by atoms with van der Waals surface area (Å²) < 4.78 is 30.1. The molecule has 1 aromatic carbocycles. The van der Waals surface area contributed by atoms with E-state index in [1.165, 1.54) is 28.8 Å². The maximum Gasteiger partial charge on any atom is 0.269 e. The second kappa shape index (κ2) is 7.03. The Bertz CT molecular complexity index is 1470. The molecule has 0 saturated heterocycles. The fourth-order valence-corrected chi connectivity index (χ4v) is 7.57. The molecule has 3 heterocycles. The normalized spacial score (nSPS) is 24.0. The van der Waals surface area contributed by atoms with Gasteiger partial charge in [0.05, 0.1) is 11.1 Å². The molecule has 4 aromatic rings. The standard InChI is InChI=1S/C26H28N4O2S/c1-26(2)23-11-7-10-20(24(23)26)17-12-21-22(18-14-28-29(3)15-18)16-30(25(21)27-13-17)33(31,32)19-8-5-4-6-9-19/h4-6,8-9,12-16,20,23-24H,7,10-11H2,1-3H3. The Labute approximate surface area is 194 Å². The number of benzene rings is 1. The fraction of sp³-hybridized carbons (Fsp3) is 0.385. The molecule has 3 aromatic heterocycles. The molecule has 2 aliphatic rings. The van der Waals surface area contributed by atoms with Gasteiger partial charge in [-0.25, -0.2) is 17.4 Å². The van der Waals surface area contributed by atoms with Gasteiger partial charge in [0.2, 0.25) is 0 Å². The summed E-state index contributed by atoms with van der Waals surface area (Å²) in [6, 6.07) is 10.7. The van der Waals surface area contributed by atoms with Crippen LogP contribution in [0, 0.1) is 17.3 Å². The van der Waals surface area contributed by atoms with Crippen molar-refractivity contribution in [1.29, 1.82) is 0 Å². The van der Waals surface area contributed by atoms with Gasteiger partial charge in [0.25, 0.3) is 10.0 Å². The molecule has 2 aliphatic carbocycles. The number of hydrogen-bond acceptors (Lipinski definition) is 4. The zero-order chi connectivity index (χ0) is 23.0. The van der Waals surface area contributed by atoms with E-state index in [9.17, 15) is 8.42 Å². The molecule has 0 aliphatic heterocycles. The van der Waals surface area contributed by atoms with Crippen LogP contribution in [0.5, 0.6) is 0 Å². The lowest BCUT2D eigenvalue weighted by Crippen LogP contribution is -2.13. The van der Waals surface area contributed by atoms with Crippen molar-refractivity contribution < 1.29 is 8.42 Å². The van der Waals surface area contributed by atoms with Crippen molar-refractivity contribution in [3.8, 4) is 11.1 Å². The maximum atomic E-state index is 13.5. The molecule has 33 heavy (non-hydrogen) atoms. The van der Waals surface area contributed by atoms with Crippen LogP contribution in [0.2, 0.25) is 0 Å². The Morgan fingerprint density at radius 3 is 2.58 bits per heavy atom. The van der Waals surface area contributed by atoms with Gasteiger partial charge in [-0.1, -0.05) is 38.5 Å². The minimum atomic E-state index is -3.78. The number of nitrogens with zero attached hydrogens (tertiary/aromatic N) is 4. The fourth-order valence-electron chi connectivity index (χ4n) is 6.23. The van der Waals surface area contributed by atoms with Crippen LogP contribution in [0.4, 0.5) is 0 Å². The van der Waals surface area contributed by atoms with Crippen LogP contribution in [-0.2, 0) is 17.1 Å². The maximum absolute atomic E-state index is 13.5. The SMILES string of the molecule is Cn1cc(-c2cn(S(=O)(=O)c3ccccc3)c3ncc(C4CCCC5C4C5(C)C)cc23)cn1. The van der Waals surface area contributed by atoms with E-state index in [4.69, 9.17) is 4.98 Å². The van der Waals surface area contributed by atoms with Gasteiger partial charge in [0.1, 0.15) is 0 Å². The second-order valence-electron chi connectivity index (χ2n) is 10.2. The highest BCUT2D eigenvalue weighted by Crippen LogP contribution is 2.69. The average Bonchev–Trinajstić information content (AvgIpc) is 3.14. The summed E-state index contributed by atoms with van der Waals surface area (Å²) in [5, 5.41) is 5.18. The first-order valence-electron chi connectivity index (χ1n) is 11.6. The van der Waals surface area contributed by atoms with Crippen molar-refractivity contribution in [2.45, 2.75) is 43.9 Å². The molecular formula is C26H28N4O2S. The quantitative estimate of drug-likeness (QED) is 0.419. The van der Waals surface area contributed by atoms with E-state index in [0.717, 1.165) is 22.4 Å². The van der Waals surface area contributed by atoms with Crippen LogP contribution in [0.15, 0.2) is 66.1 Å². The minimum absolute atomic E-state index is 0.250. The number of aromatic nitrogens is 4. The highest BCUT2D eigenvalue weighted by Gasteiger charge is 2.61. The number of aryl methyl sites for hydroxylation is 1. The first-order chi connectivity index (χ1) is 15.8. The van der Waals surface area contributed by atoms with Gasteiger partial charge < -0.3 is 0 Å². The molecule has 2 fully saturated rings. The van der Waals surface area contributed by atoms with Crippen molar-refractivity contribution in [2.24, 2.45) is 24.3 Å². The molecule has 7 heteroatoms. The van der Waals surface area contributed by atoms with Gasteiger partial charge >= 0.3 is 0 Å². The van der Waals surface area contributed by atoms with Crippen LogP contribution in [0.3, 0.4) is 0 Å². The van der Waals surface area contributed by atoms with Crippen LogP contribution in [0.1, 0.15) is 44.6 Å².